The fraction of sp³-hybridized carbons (Fsp3) is 0.237. The van der Waals surface area contributed by atoms with Crippen LogP contribution in [0.1, 0.15) is 59.8 Å². The van der Waals surface area contributed by atoms with Gasteiger partial charge in [0.25, 0.3) is 11.8 Å². The van der Waals surface area contributed by atoms with Crippen molar-refractivity contribution >= 4 is 52.6 Å². The summed E-state index contributed by atoms with van der Waals surface area (Å²) in [6.07, 6.45) is 3.38. The van der Waals surface area contributed by atoms with Gasteiger partial charge in [-0.05, 0) is 69.7 Å². The standard InChI is InChI=1S/C38H33Cl2FN8O4/c1-20-5-10-25(17-43-20)26-11-12-30(44-18-26)21(2)46-35(52)33(22(3)50)47-34(51)31-19-45-37-48(27-13-28(39)32(41)29(40)14-27)36(53)38(4,49(31)37)15-23-6-8-24(16-42)9-7-23/h5-14,17-19,21-22,33,50H,15H2,1-4H3,(H,46,52)(H,47,51)/t21-,22-,33+,38-/m1/s1. The molecule has 1 aliphatic heterocycles. The summed E-state index contributed by atoms with van der Waals surface area (Å²) in [5.41, 5.74) is 2.77. The topological polar surface area (TPSA) is 166 Å². The van der Waals surface area contributed by atoms with Crippen molar-refractivity contribution in [2.24, 2.45) is 0 Å². The molecule has 0 spiro atoms. The normalized spacial score (nSPS) is 16.7. The molecule has 0 aliphatic carbocycles. The number of aryl methyl sites for hydroxylation is 1. The molecule has 270 valence electrons. The van der Waals surface area contributed by atoms with E-state index in [0.29, 0.717) is 16.8 Å². The number of hydrogen-bond acceptors (Lipinski definition) is 8. The van der Waals surface area contributed by atoms with E-state index in [9.17, 15) is 29.1 Å². The highest BCUT2D eigenvalue weighted by atomic mass is 35.5. The van der Waals surface area contributed by atoms with Crippen molar-refractivity contribution < 1.29 is 23.9 Å². The molecule has 3 N–H and O–H groups in total. The van der Waals surface area contributed by atoms with Gasteiger partial charge in [0.2, 0.25) is 11.9 Å². The van der Waals surface area contributed by atoms with E-state index in [1.54, 1.807) is 56.6 Å². The number of rotatable bonds is 10. The zero-order chi connectivity index (χ0) is 38.2. The van der Waals surface area contributed by atoms with Crippen LogP contribution in [0.15, 0.2) is 79.3 Å². The summed E-state index contributed by atoms with van der Waals surface area (Å²) >= 11 is 12.2. The molecule has 5 aromatic rings. The van der Waals surface area contributed by atoms with Gasteiger partial charge >= 0.3 is 0 Å². The van der Waals surface area contributed by atoms with Crippen LogP contribution in [-0.2, 0) is 21.5 Å². The van der Waals surface area contributed by atoms with Gasteiger partial charge in [-0.3, -0.25) is 28.9 Å². The minimum atomic E-state index is -1.50. The van der Waals surface area contributed by atoms with E-state index in [2.05, 4.69) is 31.7 Å². The number of aliphatic hydroxyl groups excluding tert-OH is 1. The number of aromatic nitrogens is 4. The summed E-state index contributed by atoms with van der Waals surface area (Å²) in [4.78, 5) is 56.3. The lowest BCUT2D eigenvalue weighted by Gasteiger charge is -2.27. The molecule has 2 aromatic carbocycles. The molecule has 3 amide bonds. The number of fused-ring (bicyclic) bond motifs is 1. The van der Waals surface area contributed by atoms with Crippen molar-refractivity contribution in [3.63, 3.8) is 0 Å². The molecule has 1 aliphatic rings. The Morgan fingerprint density at radius 3 is 2.17 bits per heavy atom. The predicted octanol–water partition coefficient (Wildman–Crippen LogP) is 5.96. The van der Waals surface area contributed by atoms with E-state index in [4.69, 9.17) is 23.2 Å². The maximum atomic E-state index is 14.4. The number of carbonyl (C=O) groups is 3. The van der Waals surface area contributed by atoms with Gasteiger partial charge in [0.15, 0.2) is 5.82 Å². The van der Waals surface area contributed by atoms with E-state index in [1.165, 1.54) is 34.7 Å². The van der Waals surface area contributed by atoms with Crippen LogP contribution < -0.4 is 15.5 Å². The minimum absolute atomic E-state index is 0.0117. The number of hydrogen-bond donors (Lipinski definition) is 3. The maximum absolute atomic E-state index is 14.4. The average molecular weight is 756 g/mol. The van der Waals surface area contributed by atoms with Crippen LogP contribution in [0.25, 0.3) is 11.1 Å². The molecule has 0 bridgehead atoms. The van der Waals surface area contributed by atoms with Gasteiger partial charge in [-0.2, -0.15) is 5.26 Å². The molecular formula is C38H33Cl2FN8O4. The summed E-state index contributed by atoms with van der Waals surface area (Å²) in [5, 5.41) is 24.7. The number of nitrogens with zero attached hydrogens (tertiary/aromatic N) is 6. The molecule has 12 nitrogen and oxygen atoms in total. The van der Waals surface area contributed by atoms with Crippen molar-refractivity contribution in [3.05, 3.63) is 123 Å². The summed E-state index contributed by atoms with van der Waals surface area (Å²) < 4.78 is 15.8. The lowest BCUT2D eigenvalue weighted by molar-refractivity contribution is -0.126. The largest absolute Gasteiger partial charge is 0.391 e. The van der Waals surface area contributed by atoms with E-state index in [0.717, 1.165) is 16.8 Å². The minimum Gasteiger partial charge on any atom is -0.391 e. The van der Waals surface area contributed by atoms with E-state index < -0.39 is 47.3 Å². The molecule has 0 saturated heterocycles. The molecule has 3 aromatic heterocycles. The van der Waals surface area contributed by atoms with Gasteiger partial charge in [0.1, 0.15) is 17.3 Å². The number of aliphatic hydroxyl groups is 1. The highest BCUT2D eigenvalue weighted by Crippen LogP contribution is 2.44. The number of benzene rings is 2. The van der Waals surface area contributed by atoms with Gasteiger partial charge in [-0.15, -0.1) is 0 Å². The molecule has 0 unspecified atom stereocenters. The molecule has 0 fully saturated rings. The number of pyridine rings is 2. The van der Waals surface area contributed by atoms with Crippen LogP contribution in [0, 0.1) is 24.1 Å². The highest BCUT2D eigenvalue weighted by Gasteiger charge is 2.51. The second-order valence-electron chi connectivity index (χ2n) is 13.0. The Morgan fingerprint density at radius 2 is 1.60 bits per heavy atom. The second-order valence-corrected chi connectivity index (χ2v) is 13.8. The summed E-state index contributed by atoms with van der Waals surface area (Å²) in [6.45, 7) is 6.59. The Hall–Kier alpha value is -5.68. The third-order valence-electron chi connectivity index (χ3n) is 9.08. The average Bonchev–Trinajstić information content (AvgIpc) is 3.66. The third kappa shape index (κ3) is 7.21. The van der Waals surface area contributed by atoms with Gasteiger partial charge in [-0.1, -0.05) is 47.5 Å². The molecule has 53 heavy (non-hydrogen) atoms. The molecule has 15 heteroatoms. The summed E-state index contributed by atoms with van der Waals surface area (Å²) in [7, 11) is 0. The smallest absolute Gasteiger partial charge is 0.270 e. The first-order valence-corrected chi connectivity index (χ1v) is 17.2. The van der Waals surface area contributed by atoms with Crippen LogP contribution in [0.5, 0.6) is 0 Å². The first kappa shape index (κ1) is 37.1. The molecule has 0 radical (unpaired) electrons. The quantitative estimate of drug-likeness (QED) is 0.147. The molecular weight excluding hydrogens is 722 g/mol. The van der Waals surface area contributed by atoms with Crippen molar-refractivity contribution in [3.8, 4) is 17.2 Å². The summed E-state index contributed by atoms with van der Waals surface area (Å²) in [6, 6.07) is 16.6. The van der Waals surface area contributed by atoms with Crippen molar-refractivity contribution in [2.75, 3.05) is 4.90 Å². The van der Waals surface area contributed by atoms with E-state index in [1.807, 2.05) is 25.1 Å². The monoisotopic (exact) mass is 754 g/mol. The van der Waals surface area contributed by atoms with Crippen LogP contribution >= 0.6 is 23.2 Å². The van der Waals surface area contributed by atoms with Gasteiger partial charge in [0.05, 0.1) is 51.4 Å². The highest BCUT2D eigenvalue weighted by molar-refractivity contribution is 6.35. The SMILES string of the molecule is Cc1ccc(-c2ccc([C@@H](C)NC(=O)[C@@H](NC(=O)c3cnc4n3[C@](C)(Cc3ccc(C#N)cc3)C(=O)N4c3cc(Cl)c(F)c(Cl)c3)[C@@H](C)O)nc2)cn1. The molecule has 4 atom stereocenters. The lowest BCUT2D eigenvalue weighted by Crippen LogP contribution is -2.53. The van der Waals surface area contributed by atoms with E-state index >= 15 is 0 Å². The number of anilines is 2. The molecule has 4 heterocycles. The number of nitriles is 1. The van der Waals surface area contributed by atoms with Crippen LogP contribution in [0.2, 0.25) is 10.0 Å². The fourth-order valence-electron chi connectivity index (χ4n) is 6.20. The Labute approximate surface area is 314 Å². The first-order chi connectivity index (χ1) is 25.2. The van der Waals surface area contributed by atoms with Gasteiger partial charge < -0.3 is 15.7 Å². The van der Waals surface area contributed by atoms with Crippen LogP contribution in [0.4, 0.5) is 16.0 Å². The van der Waals surface area contributed by atoms with Crippen LogP contribution in [0.3, 0.4) is 0 Å². The number of amides is 3. The van der Waals surface area contributed by atoms with Crippen LogP contribution in [-0.4, -0.2) is 54.5 Å². The summed E-state index contributed by atoms with van der Waals surface area (Å²) in [5.74, 6) is -2.87. The second kappa shape index (κ2) is 14.7. The van der Waals surface area contributed by atoms with E-state index in [-0.39, 0.29) is 33.8 Å². The molecule has 6 rings (SSSR count). The van der Waals surface area contributed by atoms with Crippen molar-refractivity contribution in [1.82, 2.24) is 30.2 Å². The number of carbonyl (C=O) groups excluding carboxylic acids is 3. The fourth-order valence-corrected chi connectivity index (χ4v) is 6.67. The Balaban J connectivity index is 1.28. The molecule has 0 saturated carbocycles. The number of halogens is 3. The van der Waals surface area contributed by atoms with Gasteiger partial charge in [0, 0.05) is 35.6 Å². The number of nitrogens with one attached hydrogen (secondary N) is 2. The maximum Gasteiger partial charge on any atom is 0.270 e. The number of imidazole rings is 1. The zero-order valence-corrected chi connectivity index (χ0v) is 30.4. The first-order valence-electron chi connectivity index (χ1n) is 16.5. The lowest BCUT2D eigenvalue weighted by atomic mass is 9.91. The zero-order valence-electron chi connectivity index (χ0n) is 28.9. The van der Waals surface area contributed by atoms with Gasteiger partial charge in [-0.25, -0.2) is 14.3 Å². The Kier molecular flexibility index (Phi) is 10.3. The third-order valence-corrected chi connectivity index (χ3v) is 9.63. The van der Waals surface area contributed by atoms with Crippen molar-refractivity contribution in [2.45, 2.75) is 57.8 Å². The predicted molar refractivity (Wildman–Crippen MR) is 196 cm³/mol. The Morgan fingerprint density at radius 1 is 0.962 bits per heavy atom. The van der Waals surface area contributed by atoms with Crippen molar-refractivity contribution in [1.29, 1.82) is 5.26 Å². The Bertz CT molecular complexity index is 2230.